The highest BCUT2D eigenvalue weighted by Gasteiger charge is 2.25. The summed E-state index contributed by atoms with van der Waals surface area (Å²) in [6, 6.07) is 4.11. The molecule has 0 aliphatic carbocycles. The van der Waals surface area contributed by atoms with E-state index in [1.807, 2.05) is 15.9 Å². The minimum Gasteiger partial charge on any atom is -0.342 e. The normalized spacial score (nSPS) is 19.3. The van der Waals surface area contributed by atoms with E-state index in [1.165, 1.54) is 4.88 Å². The molecule has 0 saturated carbocycles. The van der Waals surface area contributed by atoms with Crippen molar-refractivity contribution in [2.45, 2.75) is 25.7 Å². The first-order valence-corrected chi connectivity index (χ1v) is 9.40. The molecule has 0 bridgehead atoms. The van der Waals surface area contributed by atoms with Gasteiger partial charge in [-0.1, -0.05) is 6.07 Å². The standard InChI is InChI=1S/C17H25N3O2S/c21-16(6-5-15-4-3-13-23-15)20-11-9-18(10-12-20)14-17(22)19-7-1-2-8-19/h3-4,13H,1-2,5-12,14H2. The van der Waals surface area contributed by atoms with E-state index in [2.05, 4.69) is 16.3 Å². The fourth-order valence-electron chi connectivity index (χ4n) is 3.26. The van der Waals surface area contributed by atoms with Crippen LogP contribution in [0.4, 0.5) is 0 Å². The quantitative estimate of drug-likeness (QED) is 0.818. The van der Waals surface area contributed by atoms with E-state index in [4.69, 9.17) is 0 Å². The molecule has 6 heteroatoms. The zero-order chi connectivity index (χ0) is 16.1. The summed E-state index contributed by atoms with van der Waals surface area (Å²) in [7, 11) is 0. The van der Waals surface area contributed by atoms with E-state index in [-0.39, 0.29) is 11.8 Å². The molecule has 1 aromatic heterocycles. The van der Waals surface area contributed by atoms with Crippen LogP contribution in [0.1, 0.15) is 24.1 Å². The molecule has 0 radical (unpaired) electrons. The number of likely N-dealkylation sites (tertiary alicyclic amines) is 1. The van der Waals surface area contributed by atoms with Gasteiger partial charge in [0.05, 0.1) is 6.54 Å². The van der Waals surface area contributed by atoms with Crippen molar-refractivity contribution in [2.24, 2.45) is 0 Å². The van der Waals surface area contributed by atoms with Gasteiger partial charge in [0.15, 0.2) is 0 Å². The van der Waals surface area contributed by atoms with Crippen molar-refractivity contribution in [3.05, 3.63) is 22.4 Å². The van der Waals surface area contributed by atoms with Crippen molar-refractivity contribution < 1.29 is 9.59 Å². The number of hydrogen-bond acceptors (Lipinski definition) is 4. The van der Waals surface area contributed by atoms with Crippen LogP contribution in [0.5, 0.6) is 0 Å². The van der Waals surface area contributed by atoms with Gasteiger partial charge in [-0.05, 0) is 30.7 Å². The van der Waals surface area contributed by atoms with Gasteiger partial charge in [-0.15, -0.1) is 11.3 Å². The molecule has 0 aromatic carbocycles. The molecule has 2 aliphatic heterocycles. The van der Waals surface area contributed by atoms with Crippen molar-refractivity contribution in [1.29, 1.82) is 0 Å². The van der Waals surface area contributed by atoms with E-state index in [0.29, 0.717) is 13.0 Å². The SMILES string of the molecule is O=C(CCc1cccs1)N1CCN(CC(=O)N2CCCC2)CC1. The lowest BCUT2D eigenvalue weighted by Gasteiger charge is -2.35. The second-order valence-electron chi connectivity index (χ2n) is 6.32. The number of piperazine rings is 1. The Morgan fingerprint density at radius 1 is 0.957 bits per heavy atom. The number of carbonyl (C=O) groups is 2. The minimum atomic E-state index is 0.240. The van der Waals surface area contributed by atoms with E-state index in [1.54, 1.807) is 11.3 Å². The molecule has 2 fully saturated rings. The topological polar surface area (TPSA) is 43.9 Å². The summed E-state index contributed by atoms with van der Waals surface area (Å²) in [5.41, 5.74) is 0. The van der Waals surface area contributed by atoms with Gasteiger partial charge in [0.2, 0.25) is 11.8 Å². The second-order valence-corrected chi connectivity index (χ2v) is 7.36. The van der Waals surface area contributed by atoms with Gasteiger partial charge in [-0.2, -0.15) is 0 Å². The summed E-state index contributed by atoms with van der Waals surface area (Å²) >= 11 is 1.71. The summed E-state index contributed by atoms with van der Waals surface area (Å²) in [5.74, 6) is 0.490. The lowest BCUT2D eigenvalue weighted by atomic mass is 10.2. The molecule has 0 N–H and O–H groups in total. The summed E-state index contributed by atoms with van der Waals surface area (Å²) in [4.78, 5) is 31.8. The molecule has 2 saturated heterocycles. The van der Waals surface area contributed by atoms with Crippen LogP contribution < -0.4 is 0 Å². The maximum atomic E-state index is 12.3. The molecule has 23 heavy (non-hydrogen) atoms. The third-order valence-electron chi connectivity index (χ3n) is 4.71. The second kappa shape index (κ2) is 7.93. The average Bonchev–Trinajstić information content (AvgIpc) is 3.26. The number of hydrogen-bond donors (Lipinski definition) is 0. The molecule has 0 unspecified atom stereocenters. The molecular formula is C17H25N3O2S. The molecule has 2 amide bonds. The van der Waals surface area contributed by atoms with Crippen molar-refractivity contribution >= 4 is 23.2 Å². The Morgan fingerprint density at radius 3 is 2.30 bits per heavy atom. The minimum absolute atomic E-state index is 0.240. The molecule has 1 aromatic rings. The van der Waals surface area contributed by atoms with E-state index in [9.17, 15) is 9.59 Å². The summed E-state index contributed by atoms with van der Waals surface area (Å²) in [6.07, 6.45) is 3.70. The van der Waals surface area contributed by atoms with Crippen LogP contribution >= 0.6 is 11.3 Å². The Balaban J connectivity index is 1.37. The van der Waals surface area contributed by atoms with Crippen molar-refractivity contribution in [3.8, 4) is 0 Å². The number of carbonyl (C=O) groups excluding carboxylic acids is 2. The van der Waals surface area contributed by atoms with E-state index < -0.39 is 0 Å². The van der Waals surface area contributed by atoms with Crippen LogP contribution in [0.2, 0.25) is 0 Å². The lowest BCUT2D eigenvalue weighted by Crippen LogP contribution is -2.51. The van der Waals surface area contributed by atoms with Crippen molar-refractivity contribution in [1.82, 2.24) is 14.7 Å². The molecule has 5 nitrogen and oxygen atoms in total. The number of aryl methyl sites for hydroxylation is 1. The zero-order valence-electron chi connectivity index (χ0n) is 13.6. The third kappa shape index (κ3) is 4.54. The predicted molar refractivity (Wildman–Crippen MR) is 91.5 cm³/mol. The Hall–Kier alpha value is -1.40. The first-order chi connectivity index (χ1) is 11.2. The van der Waals surface area contributed by atoms with Crippen LogP contribution in [0.3, 0.4) is 0 Å². The van der Waals surface area contributed by atoms with Crippen molar-refractivity contribution in [3.63, 3.8) is 0 Å². The van der Waals surface area contributed by atoms with Gasteiger partial charge in [-0.3, -0.25) is 14.5 Å². The third-order valence-corrected chi connectivity index (χ3v) is 5.64. The summed E-state index contributed by atoms with van der Waals surface area (Å²) in [6.45, 7) is 5.46. The van der Waals surface area contributed by atoms with Crippen LogP contribution in [0.15, 0.2) is 17.5 Å². The maximum absolute atomic E-state index is 12.3. The van der Waals surface area contributed by atoms with Gasteiger partial charge < -0.3 is 9.80 Å². The molecule has 126 valence electrons. The molecule has 2 aliphatic rings. The zero-order valence-corrected chi connectivity index (χ0v) is 14.4. The average molecular weight is 335 g/mol. The van der Waals surface area contributed by atoms with E-state index in [0.717, 1.165) is 58.5 Å². The van der Waals surface area contributed by atoms with Crippen molar-refractivity contribution in [2.75, 3.05) is 45.8 Å². The van der Waals surface area contributed by atoms with Gasteiger partial charge in [0.1, 0.15) is 0 Å². The summed E-state index contributed by atoms with van der Waals surface area (Å²) < 4.78 is 0. The molecule has 0 spiro atoms. The number of amides is 2. The largest absolute Gasteiger partial charge is 0.342 e. The Kier molecular flexibility index (Phi) is 5.67. The number of rotatable bonds is 5. The fraction of sp³-hybridized carbons (Fsp3) is 0.647. The van der Waals surface area contributed by atoms with Crippen LogP contribution in [-0.4, -0.2) is 72.3 Å². The highest BCUT2D eigenvalue weighted by atomic mass is 32.1. The monoisotopic (exact) mass is 335 g/mol. The maximum Gasteiger partial charge on any atom is 0.236 e. The van der Waals surface area contributed by atoms with E-state index >= 15 is 0 Å². The first-order valence-electron chi connectivity index (χ1n) is 8.52. The Bertz CT molecular complexity index is 518. The van der Waals surface area contributed by atoms with Gasteiger partial charge >= 0.3 is 0 Å². The van der Waals surface area contributed by atoms with Gasteiger partial charge in [0, 0.05) is 50.6 Å². The highest BCUT2D eigenvalue weighted by Crippen LogP contribution is 2.13. The highest BCUT2D eigenvalue weighted by molar-refractivity contribution is 7.09. The first kappa shape index (κ1) is 16.5. The molecule has 0 atom stereocenters. The summed E-state index contributed by atoms with van der Waals surface area (Å²) in [5, 5.41) is 2.05. The lowest BCUT2D eigenvalue weighted by molar-refractivity contribution is -0.134. The van der Waals surface area contributed by atoms with Gasteiger partial charge in [0.25, 0.3) is 0 Å². The van der Waals surface area contributed by atoms with Crippen LogP contribution in [0.25, 0.3) is 0 Å². The molecule has 3 heterocycles. The molecular weight excluding hydrogens is 310 g/mol. The van der Waals surface area contributed by atoms with Gasteiger partial charge in [-0.25, -0.2) is 0 Å². The van der Waals surface area contributed by atoms with Crippen LogP contribution in [0, 0.1) is 0 Å². The smallest absolute Gasteiger partial charge is 0.236 e. The predicted octanol–water partition coefficient (Wildman–Crippen LogP) is 1.45. The number of nitrogens with zero attached hydrogens (tertiary/aromatic N) is 3. The Labute approximate surface area is 141 Å². The number of thiophene rings is 1. The van der Waals surface area contributed by atoms with Crippen LogP contribution in [-0.2, 0) is 16.0 Å². The Morgan fingerprint density at radius 2 is 1.65 bits per heavy atom. The fourth-order valence-corrected chi connectivity index (χ4v) is 3.97. The molecule has 3 rings (SSSR count).